The van der Waals surface area contributed by atoms with Gasteiger partial charge in [-0.05, 0) is 38.3 Å². The van der Waals surface area contributed by atoms with E-state index in [4.69, 9.17) is 10.2 Å². The van der Waals surface area contributed by atoms with E-state index in [1.54, 1.807) is 13.2 Å². The second-order valence-electron chi connectivity index (χ2n) is 6.11. The van der Waals surface area contributed by atoms with Crippen LogP contribution < -0.4 is 16.0 Å². The minimum absolute atomic E-state index is 0.463. The van der Waals surface area contributed by atoms with Crippen molar-refractivity contribution < 1.29 is 14.0 Å². The first kappa shape index (κ1) is 18.3. The molecule has 3 rings (SSSR count). The van der Waals surface area contributed by atoms with Crippen molar-refractivity contribution in [1.29, 1.82) is 0 Å². The number of nitrogens with two attached hydrogens (primary N) is 1. The first-order valence-electron chi connectivity index (χ1n) is 8.52. The van der Waals surface area contributed by atoms with Gasteiger partial charge in [0.05, 0.1) is 18.1 Å². The molecule has 3 heterocycles. The number of imide groups is 1. The highest BCUT2D eigenvalue weighted by atomic mass is 32.2. The smallest absolute Gasteiger partial charge is 0.318 e. The third-order valence-corrected chi connectivity index (χ3v) is 5.21. The molecule has 0 radical (unpaired) electrons. The fourth-order valence-electron chi connectivity index (χ4n) is 2.83. The first-order chi connectivity index (χ1) is 12.5. The molecule has 0 spiro atoms. The van der Waals surface area contributed by atoms with Crippen LogP contribution >= 0.6 is 11.8 Å². The predicted molar refractivity (Wildman–Crippen MR) is 96.9 cm³/mol. The van der Waals surface area contributed by atoms with E-state index < -0.39 is 17.2 Å². The Kier molecular flexibility index (Phi) is 5.82. The van der Waals surface area contributed by atoms with Gasteiger partial charge in [-0.25, -0.2) is 4.79 Å². The number of aromatic nitrogens is 3. The molecule has 140 valence electrons. The van der Waals surface area contributed by atoms with Crippen molar-refractivity contribution in [2.45, 2.75) is 43.1 Å². The summed E-state index contributed by atoms with van der Waals surface area (Å²) in [5, 5.41) is 10.8. The summed E-state index contributed by atoms with van der Waals surface area (Å²) in [5.74, 6) is 1.08. The van der Waals surface area contributed by atoms with Gasteiger partial charge in [0.1, 0.15) is 5.76 Å². The number of thioether (sulfide) groups is 1. The van der Waals surface area contributed by atoms with Crippen molar-refractivity contribution >= 4 is 29.6 Å². The fraction of sp³-hybridized carbons (Fsp3) is 0.500. The summed E-state index contributed by atoms with van der Waals surface area (Å²) in [6.07, 6.45) is 5.08. The van der Waals surface area contributed by atoms with Gasteiger partial charge in [0, 0.05) is 13.1 Å². The minimum Gasteiger partial charge on any atom is -0.467 e. The maximum Gasteiger partial charge on any atom is 0.318 e. The van der Waals surface area contributed by atoms with E-state index >= 15 is 0 Å². The number of rotatable bonds is 6. The molecule has 1 aliphatic rings. The molecule has 0 bridgehead atoms. The van der Waals surface area contributed by atoms with Crippen LogP contribution in [0.5, 0.6) is 0 Å². The van der Waals surface area contributed by atoms with Gasteiger partial charge in [0.2, 0.25) is 11.9 Å². The zero-order valence-electron chi connectivity index (χ0n) is 14.6. The lowest BCUT2D eigenvalue weighted by molar-refractivity contribution is -0.119. The number of nitrogens with zero attached hydrogens (tertiary/aromatic N) is 4. The fourth-order valence-corrected chi connectivity index (χ4v) is 3.67. The number of carbonyl (C=O) groups excluding carboxylic acids is 2. The Morgan fingerprint density at radius 3 is 2.77 bits per heavy atom. The van der Waals surface area contributed by atoms with Crippen LogP contribution in [0.2, 0.25) is 0 Å². The Labute approximate surface area is 155 Å². The van der Waals surface area contributed by atoms with Crippen molar-refractivity contribution in [2.24, 2.45) is 5.73 Å². The maximum absolute atomic E-state index is 12.0. The van der Waals surface area contributed by atoms with Crippen LogP contribution in [0, 0.1) is 0 Å². The number of nitrogens with one attached hydrogen (secondary N) is 1. The predicted octanol–water partition coefficient (Wildman–Crippen LogP) is 1.59. The van der Waals surface area contributed by atoms with Crippen LogP contribution in [0.25, 0.3) is 0 Å². The number of carbonyl (C=O) groups is 2. The summed E-state index contributed by atoms with van der Waals surface area (Å²) in [7, 11) is 0. The Morgan fingerprint density at radius 2 is 2.12 bits per heavy atom. The molecule has 10 heteroatoms. The molecule has 0 aliphatic carbocycles. The average molecular weight is 378 g/mol. The van der Waals surface area contributed by atoms with E-state index in [-0.39, 0.29) is 0 Å². The van der Waals surface area contributed by atoms with Crippen LogP contribution in [-0.2, 0) is 11.3 Å². The molecular weight excluding hydrogens is 356 g/mol. The lowest BCUT2D eigenvalue weighted by Crippen LogP contribution is -2.39. The number of amides is 3. The van der Waals surface area contributed by atoms with E-state index in [0.29, 0.717) is 11.7 Å². The molecule has 0 saturated carbocycles. The van der Waals surface area contributed by atoms with Crippen molar-refractivity contribution in [1.82, 2.24) is 20.1 Å². The molecule has 3 amide bonds. The molecule has 0 aromatic carbocycles. The third-order valence-electron chi connectivity index (χ3n) is 4.13. The molecule has 3 N–H and O–H groups in total. The van der Waals surface area contributed by atoms with E-state index in [2.05, 4.69) is 20.4 Å². The van der Waals surface area contributed by atoms with E-state index in [0.717, 1.165) is 37.6 Å². The number of hydrogen-bond acceptors (Lipinski definition) is 7. The van der Waals surface area contributed by atoms with Gasteiger partial charge in [-0.2, -0.15) is 0 Å². The second-order valence-corrected chi connectivity index (χ2v) is 7.42. The minimum atomic E-state index is -0.867. The monoisotopic (exact) mass is 378 g/mol. The standard InChI is InChI=1S/C16H22N6O3S/c1-11(13(23)18-14(17)24)26-16-20-19-15(21-7-3-2-4-8-21)22(16)10-12-6-5-9-25-12/h5-6,9,11H,2-4,7-8,10H2,1H3,(H3,17,18,23,24)/t11-/m0/s1. The molecule has 2 aromatic heterocycles. The lowest BCUT2D eigenvalue weighted by Gasteiger charge is -2.27. The summed E-state index contributed by atoms with van der Waals surface area (Å²) < 4.78 is 7.41. The molecule has 26 heavy (non-hydrogen) atoms. The molecule has 1 fully saturated rings. The van der Waals surface area contributed by atoms with Crippen molar-refractivity contribution in [2.75, 3.05) is 18.0 Å². The maximum atomic E-state index is 12.0. The van der Waals surface area contributed by atoms with Crippen LogP contribution in [-0.4, -0.2) is 45.0 Å². The normalized spacial score (nSPS) is 15.7. The first-order valence-corrected chi connectivity index (χ1v) is 9.40. The molecule has 2 aromatic rings. The third kappa shape index (κ3) is 4.37. The summed E-state index contributed by atoms with van der Waals surface area (Å²) in [5.41, 5.74) is 5.01. The van der Waals surface area contributed by atoms with Gasteiger partial charge in [-0.1, -0.05) is 11.8 Å². The van der Waals surface area contributed by atoms with E-state index in [1.807, 2.05) is 16.7 Å². The Bertz CT molecular complexity index is 754. The lowest BCUT2D eigenvalue weighted by atomic mass is 10.1. The summed E-state index contributed by atoms with van der Waals surface area (Å²) in [6, 6.07) is 2.85. The van der Waals surface area contributed by atoms with Gasteiger partial charge in [0.25, 0.3) is 0 Å². The topological polar surface area (TPSA) is 119 Å². The highest BCUT2D eigenvalue weighted by Crippen LogP contribution is 2.28. The van der Waals surface area contributed by atoms with Gasteiger partial charge < -0.3 is 15.1 Å². The van der Waals surface area contributed by atoms with Crippen molar-refractivity contribution in [3.8, 4) is 0 Å². The molecule has 1 atom stereocenters. The summed E-state index contributed by atoms with van der Waals surface area (Å²) >= 11 is 1.23. The Hall–Kier alpha value is -2.49. The Morgan fingerprint density at radius 1 is 1.35 bits per heavy atom. The number of piperidine rings is 1. The quantitative estimate of drug-likeness (QED) is 0.732. The van der Waals surface area contributed by atoms with Crippen molar-refractivity contribution in [3.05, 3.63) is 24.2 Å². The number of hydrogen-bond donors (Lipinski definition) is 2. The van der Waals surface area contributed by atoms with Gasteiger partial charge in [-0.15, -0.1) is 10.2 Å². The van der Waals surface area contributed by atoms with E-state index in [9.17, 15) is 9.59 Å². The number of anilines is 1. The molecule has 0 unspecified atom stereocenters. The highest BCUT2D eigenvalue weighted by Gasteiger charge is 2.24. The van der Waals surface area contributed by atoms with Crippen LogP contribution in [0.1, 0.15) is 31.9 Å². The van der Waals surface area contributed by atoms with Crippen LogP contribution in [0.15, 0.2) is 28.0 Å². The summed E-state index contributed by atoms with van der Waals surface area (Å²) in [4.78, 5) is 25.1. The zero-order chi connectivity index (χ0) is 18.5. The number of urea groups is 1. The molecule has 1 aliphatic heterocycles. The van der Waals surface area contributed by atoms with E-state index in [1.165, 1.54) is 18.2 Å². The van der Waals surface area contributed by atoms with Crippen LogP contribution in [0.3, 0.4) is 0 Å². The number of furan rings is 1. The average Bonchev–Trinajstić information content (AvgIpc) is 3.26. The van der Waals surface area contributed by atoms with Gasteiger partial charge in [-0.3, -0.25) is 14.7 Å². The largest absolute Gasteiger partial charge is 0.467 e. The van der Waals surface area contributed by atoms with Crippen molar-refractivity contribution in [3.63, 3.8) is 0 Å². The highest BCUT2D eigenvalue weighted by molar-refractivity contribution is 8.00. The zero-order valence-corrected chi connectivity index (χ0v) is 15.4. The summed E-state index contributed by atoms with van der Waals surface area (Å²) in [6.45, 7) is 4.02. The van der Waals surface area contributed by atoms with Gasteiger partial charge in [0.15, 0.2) is 5.16 Å². The number of primary amides is 1. The van der Waals surface area contributed by atoms with Gasteiger partial charge >= 0.3 is 6.03 Å². The molecule has 9 nitrogen and oxygen atoms in total. The molecular formula is C16H22N6O3S. The van der Waals surface area contributed by atoms with Crippen LogP contribution in [0.4, 0.5) is 10.7 Å². The SMILES string of the molecule is C[C@H](Sc1nnc(N2CCCCC2)n1Cc1ccco1)C(=O)NC(N)=O. The Balaban J connectivity index is 1.82. The second kappa shape index (κ2) is 8.26. The molecule has 1 saturated heterocycles.